The van der Waals surface area contributed by atoms with E-state index in [2.05, 4.69) is 17.5 Å². The van der Waals surface area contributed by atoms with Gasteiger partial charge in [0.1, 0.15) is 0 Å². The van der Waals surface area contributed by atoms with E-state index in [1.165, 1.54) is 4.90 Å². The van der Waals surface area contributed by atoms with E-state index >= 15 is 0 Å². The van der Waals surface area contributed by atoms with Crippen LogP contribution in [-0.4, -0.2) is 52.5 Å². The average molecular weight is 273 g/mol. The molecule has 0 bridgehead atoms. The van der Waals surface area contributed by atoms with E-state index < -0.39 is 11.8 Å². The molecule has 4 N–H and O–H groups in total. The Kier molecular flexibility index (Phi) is 6.00. The number of nitrogens with two attached hydrogens (primary N) is 1. The summed E-state index contributed by atoms with van der Waals surface area (Å²) in [7, 11) is 0. The van der Waals surface area contributed by atoms with Gasteiger partial charge in [0.25, 0.3) is 0 Å². The number of nitrogens with zero attached hydrogens (tertiary/aromatic N) is 1. The molecule has 7 heteroatoms. The van der Waals surface area contributed by atoms with Crippen LogP contribution in [0.25, 0.3) is 0 Å². The van der Waals surface area contributed by atoms with Crippen LogP contribution in [0.2, 0.25) is 0 Å². The van der Waals surface area contributed by atoms with Crippen LogP contribution < -0.4 is 11.1 Å². The van der Waals surface area contributed by atoms with Gasteiger partial charge >= 0.3 is 11.8 Å². The molecule has 18 heavy (non-hydrogen) atoms. The molecule has 0 saturated carbocycles. The molecule has 1 aliphatic rings. The Morgan fingerprint density at radius 3 is 2.72 bits per heavy atom. The summed E-state index contributed by atoms with van der Waals surface area (Å²) < 4.78 is 0. The summed E-state index contributed by atoms with van der Waals surface area (Å²) in [5.41, 5.74) is 5.25. The van der Waals surface area contributed by atoms with Crippen molar-refractivity contribution in [3.05, 3.63) is 0 Å². The van der Waals surface area contributed by atoms with Crippen LogP contribution in [0, 0.1) is 0 Å². The summed E-state index contributed by atoms with van der Waals surface area (Å²) in [5.74, 6) is -1.34. The van der Waals surface area contributed by atoms with E-state index in [0.717, 1.165) is 25.7 Å². The van der Waals surface area contributed by atoms with E-state index in [1.54, 1.807) is 0 Å². The summed E-state index contributed by atoms with van der Waals surface area (Å²) in [6.07, 6.45) is 3.55. The van der Waals surface area contributed by atoms with E-state index in [1.807, 2.05) is 0 Å². The lowest BCUT2D eigenvalue weighted by Crippen LogP contribution is -2.50. The summed E-state index contributed by atoms with van der Waals surface area (Å²) >= 11 is 4.62. The maximum absolute atomic E-state index is 12.0. The van der Waals surface area contributed by atoms with Crippen LogP contribution in [0.1, 0.15) is 25.7 Å². The van der Waals surface area contributed by atoms with Gasteiger partial charge in [0.05, 0.1) is 24.2 Å². The highest BCUT2D eigenvalue weighted by molar-refractivity contribution is 7.80. The van der Waals surface area contributed by atoms with Crippen molar-refractivity contribution >= 4 is 29.0 Å². The Labute approximate surface area is 112 Å². The molecule has 1 atom stereocenters. The van der Waals surface area contributed by atoms with Gasteiger partial charge in [-0.25, -0.2) is 0 Å². The van der Waals surface area contributed by atoms with Crippen molar-refractivity contribution in [2.75, 3.05) is 19.7 Å². The molecule has 102 valence electrons. The molecule has 0 aromatic carbocycles. The molecule has 2 amide bonds. The third kappa shape index (κ3) is 4.23. The van der Waals surface area contributed by atoms with Gasteiger partial charge in [-0.05, 0) is 12.8 Å². The fourth-order valence-electron chi connectivity index (χ4n) is 2.01. The van der Waals surface area contributed by atoms with Crippen LogP contribution in [-0.2, 0) is 9.59 Å². The fourth-order valence-corrected chi connectivity index (χ4v) is 2.08. The van der Waals surface area contributed by atoms with Crippen molar-refractivity contribution in [3.8, 4) is 0 Å². The number of carbonyl (C=O) groups is 2. The zero-order chi connectivity index (χ0) is 13.5. The summed E-state index contributed by atoms with van der Waals surface area (Å²) in [5, 5.41) is 11.6. The molecule has 1 unspecified atom stereocenters. The van der Waals surface area contributed by atoms with Crippen molar-refractivity contribution in [2.24, 2.45) is 5.73 Å². The SMILES string of the molecule is NC(=S)CNC(=O)C(=O)N1CCCCCC1CO. The van der Waals surface area contributed by atoms with Crippen molar-refractivity contribution in [3.63, 3.8) is 0 Å². The number of hydrogen-bond acceptors (Lipinski definition) is 4. The van der Waals surface area contributed by atoms with Crippen LogP contribution in [0.4, 0.5) is 0 Å². The number of rotatable bonds is 3. The molecule has 0 aliphatic carbocycles. The van der Waals surface area contributed by atoms with Crippen LogP contribution in [0.3, 0.4) is 0 Å². The molecule has 1 rings (SSSR count). The number of aliphatic hydroxyl groups is 1. The lowest BCUT2D eigenvalue weighted by atomic mass is 10.1. The normalized spacial score (nSPS) is 20.1. The lowest BCUT2D eigenvalue weighted by molar-refractivity contribution is -0.147. The maximum Gasteiger partial charge on any atom is 0.312 e. The van der Waals surface area contributed by atoms with Crippen molar-refractivity contribution in [1.29, 1.82) is 0 Å². The van der Waals surface area contributed by atoms with Crippen LogP contribution in [0.15, 0.2) is 0 Å². The summed E-state index contributed by atoms with van der Waals surface area (Å²) in [4.78, 5) is 25.1. The number of thiocarbonyl (C=S) groups is 1. The number of hydrogen-bond donors (Lipinski definition) is 3. The maximum atomic E-state index is 12.0. The minimum absolute atomic E-state index is 0.0114. The van der Waals surface area contributed by atoms with Crippen molar-refractivity contribution in [1.82, 2.24) is 10.2 Å². The topological polar surface area (TPSA) is 95.7 Å². The Bertz CT molecular complexity index is 335. The highest BCUT2D eigenvalue weighted by Crippen LogP contribution is 2.16. The predicted octanol–water partition coefficient (Wildman–Crippen LogP) is -0.848. The summed E-state index contributed by atoms with van der Waals surface area (Å²) in [6, 6.07) is -0.268. The molecular formula is C11H19N3O3S. The Hall–Kier alpha value is -1.21. The second-order valence-corrected chi connectivity index (χ2v) is 4.86. The molecular weight excluding hydrogens is 254 g/mol. The van der Waals surface area contributed by atoms with Crippen molar-refractivity contribution in [2.45, 2.75) is 31.7 Å². The standard InChI is InChI=1S/C11H19N3O3S/c12-9(18)6-13-10(16)11(17)14-5-3-1-2-4-8(14)7-15/h8,15H,1-7H2,(H2,12,18)(H,13,16). The first-order valence-corrected chi connectivity index (χ1v) is 6.45. The third-order valence-corrected chi connectivity index (χ3v) is 3.11. The minimum Gasteiger partial charge on any atom is -0.394 e. The van der Waals surface area contributed by atoms with Gasteiger partial charge in [0.15, 0.2) is 0 Å². The van der Waals surface area contributed by atoms with Gasteiger partial charge in [-0.1, -0.05) is 25.1 Å². The van der Waals surface area contributed by atoms with E-state index in [0.29, 0.717) is 6.54 Å². The van der Waals surface area contributed by atoms with E-state index in [4.69, 9.17) is 5.73 Å². The van der Waals surface area contributed by atoms with Gasteiger partial charge in [0, 0.05) is 6.54 Å². The fraction of sp³-hybridized carbons (Fsp3) is 0.727. The molecule has 0 aromatic rings. The first kappa shape index (κ1) is 14.8. The highest BCUT2D eigenvalue weighted by Gasteiger charge is 2.29. The Morgan fingerprint density at radius 1 is 1.39 bits per heavy atom. The predicted molar refractivity (Wildman–Crippen MR) is 70.8 cm³/mol. The van der Waals surface area contributed by atoms with Gasteiger partial charge in [-0.3, -0.25) is 9.59 Å². The zero-order valence-electron chi connectivity index (χ0n) is 10.2. The molecule has 0 radical (unpaired) electrons. The molecule has 1 heterocycles. The second kappa shape index (κ2) is 7.27. The summed E-state index contributed by atoms with van der Waals surface area (Å²) in [6.45, 7) is 0.399. The zero-order valence-corrected chi connectivity index (χ0v) is 11.0. The first-order valence-electron chi connectivity index (χ1n) is 6.04. The minimum atomic E-state index is -0.719. The number of carbonyl (C=O) groups excluding carboxylic acids is 2. The van der Waals surface area contributed by atoms with Gasteiger partial charge in [0.2, 0.25) is 0 Å². The number of aliphatic hydroxyl groups excluding tert-OH is 1. The average Bonchev–Trinajstić information content (AvgIpc) is 2.59. The molecule has 0 spiro atoms. The quantitative estimate of drug-likeness (QED) is 0.460. The highest BCUT2D eigenvalue weighted by atomic mass is 32.1. The van der Waals surface area contributed by atoms with Crippen molar-refractivity contribution < 1.29 is 14.7 Å². The van der Waals surface area contributed by atoms with E-state index in [9.17, 15) is 14.7 Å². The number of amides is 2. The molecule has 1 fully saturated rings. The van der Waals surface area contributed by atoms with Gasteiger partial charge in [-0.15, -0.1) is 0 Å². The van der Waals surface area contributed by atoms with Gasteiger partial charge in [-0.2, -0.15) is 0 Å². The third-order valence-electron chi connectivity index (χ3n) is 2.97. The smallest absolute Gasteiger partial charge is 0.312 e. The monoisotopic (exact) mass is 273 g/mol. The molecule has 6 nitrogen and oxygen atoms in total. The second-order valence-electron chi connectivity index (χ2n) is 4.33. The van der Waals surface area contributed by atoms with Crippen LogP contribution in [0.5, 0.6) is 0 Å². The number of nitrogens with one attached hydrogen (secondary N) is 1. The largest absolute Gasteiger partial charge is 0.394 e. The first-order chi connectivity index (χ1) is 8.56. The van der Waals surface area contributed by atoms with E-state index in [-0.39, 0.29) is 24.2 Å². The lowest BCUT2D eigenvalue weighted by Gasteiger charge is -2.27. The van der Waals surface area contributed by atoms with Gasteiger partial charge < -0.3 is 21.1 Å². The Morgan fingerprint density at radius 2 is 2.11 bits per heavy atom. The number of likely N-dealkylation sites (tertiary alicyclic amines) is 1. The molecule has 1 saturated heterocycles. The Balaban J connectivity index is 2.61. The molecule has 0 aromatic heterocycles. The van der Waals surface area contributed by atoms with Crippen LogP contribution >= 0.6 is 12.2 Å². The molecule has 1 aliphatic heterocycles.